The highest BCUT2D eigenvalue weighted by Gasteiger charge is 2.24. The summed E-state index contributed by atoms with van der Waals surface area (Å²) in [4.78, 5) is 30.8. The van der Waals surface area contributed by atoms with Gasteiger partial charge in [0.1, 0.15) is 12.3 Å². The molecular weight excluding hydrogens is 434 g/mol. The predicted octanol–water partition coefficient (Wildman–Crippen LogP) is 2.33. The number of non-ortho nitro benzene ring substituents is 1. The van der Waals surface area contributed by atoms with Crippen molar-refractivity contribution in [3.63, 3.8) is 0 Å². The molecule has 1 N–H and O–H groups in total. The molecule has 13 heteroatoms. The van der Waals surface area contributed by atoms with Crippen molar-refractivity contribution >= 4 is 32.9 Å². The third kappa shape index (κ3) is 6.45. The molecule has 0 saturated heterocycles. The molecule has 31 heavy (non-hydrogen) atoms. The molecule has 0 aromatic heterocycles. The van der Waals surface area contributed by atoms with E-state index in [1.54, 1.807) is 0 Å². The van der Waals surface area contributed by atoms with E-state index in [-0.39, 0.29) is 41.8 Å². The fourth-order valence-corrected chi connectivity index (χ4v) is 3.80. The minimum atomic E-state index is -4.21. The van der Waals surface area contributed by atoms with Crippen LogP contribution in [0.1, 0.15) is 6.92 Å². The van der Waals surface area contributed by atoms with E-state index in [4.69, 9.17) is 9.47 Å². The van der Waals surface area contributed by atoms with Crippen molar-refractivity contribution in [2.24, 2.45) is 0 Å². The van der Waals surface area contributed by atoms with Crippen molar-refractivity contribution in [2.75, 3.05) is 31.7 Å². The lowest BCUT2D eigenvalue weighted by molar-refractivity contribution is -0.385. The Morgan fingerprint density at radius 3 is 2.35 bits per heavy atom. The summed E-state index contributed by atoms with van der Waals surface area (Å²) in [6, 6.07) is 7.72. The van der Waals surface area contributed by atoms with E-state index < -0.39 is 37.0 Å². The molecule has 0 aliphatic heterocycles. The van der Waals surface area contributed by atoms with Crippen LogP contribution in [0.5, 0.6) is 0 Å². The van der Waals surface area contributed by atoms with Crippen LogP contribution in [0.3, 0.4) is 0 Å². The van der Waals surface area contributed by atoms with Crippen LogP contribution in [-0.2, 0) is 24.1 Å². The second-order valence-corrected chi connectivity index (χ2v) is 8.02. The smallest absolute Gasteiger partial charge is 0.302 e. The number of nitro benzene ring substituents is 2. The average Bonchev–Trinajstić information content (AvgIpc) is 2.72. The van der Waals surface area contributed by atoms with Gasteiger partial charge in [0.05, 0.1) is 32.9 Å². The molecule has 2 aromatic rings. The standard InChI is InChI=1S/C18H19N3O9S/c1-13(22)30-10-9-29-8-7-19-17-6-5-16(12-18(17)21(25)26)31(27,28)15-4-2-3-14(11-15)20(23)24/h2-6,11-12,19H,7-10H2,1H3. The molecule has 0 bridgehead atoms. The van der Waals surface area contributed by atoms with Gasteiger partial charge in [-0.05, 0) is 18.2 Å². The Hall–Kier alpha value is -3.58. The molecule has 0 aliphatic rings. The van der Waals surface area contributed by atoms with Crippen molar-refractivity contribution in [2.45, 2.75) is 16.7 Å². The maximum Gasteiger partial charge on any atom is 0.302 e. The molecule has 0 radical (unpaired) electrons. The quantitative estimate of drug-likeness (QED) is 0.231. The molecule has 0 saturated carbocycles. The number of esters is 1. The second-order valence-electron chi connectivity index (χ2n) is 6.07. The Balaban J connectivity index is 2.14. The minimum Gasteiger partial charge on any atom is -0.463 e. The first-order chi connectivity index (χ1) is 14.6. The van der Waals surface area contributed by atoms with E-state index in [2.05, 4.69) is 5.32 Å². The number of nitrogens with one attached hydrogen (secondary N) is 1. The van der Waals surface area contributed by atoms with Gasteiger partial charge in [0.2, 0.25) is 9.84 Å². The Labute approximate surface area is 177 Å². The van der Waals surface area contributed by atoms with Crippen LogP contribution in [0, 0.1) is 20.2 Å². The number of sulfone groups is 1. The predicted molar refractivity (Wildman–Crippen MR) is 108 cm³/mol. The number of nitrogens with zero attached hydrogens (tertiary/aromatic N) is 2. The van der Waals surface area contributed by atoms with Crippen LogP contribution in [0.25, 0.3) is 0 Å². The highest BCUT2D eigenvalue weighted by atomic mass is 32.2. The maximum absolute atomic E-state index is 12.8. The molecule has 2 rings (SSSR count). The van der Waals surface area contributed by atoms with Crippen molar-refractivity contribution < 1.29 is 32.5 Å². The van der Waals surface area contributed by atoms with E-state index in [1.807, 2.05) is 0 Å². The minimum absolute atomic E-state index is 0.0755. The fourth-order valence-electron chi connectivity index (χ4n) is 2.48. The van der Waals surface area contributed by atoms with E-state index in [1.165, 1.54) is 31.2 Å². The Bertz CT molecular complexity index is 1090. The van der Waals surface area contributed by atoms with Gasteiger partial charge in [0, 0.05) is 31.7 Å². The van der Waals surface area contributed by atoms with Gasteiger partial charge >= 0.3 is 5.97 Å². The van der Waals surface area contributed by atoms with Gasteiger partial charge in [-0.15, -0.1) is 0 Å². The normalized spacial score (nSPS) is 11.0. The molecule has 0 heterocycles. The van der Waals surface area contributed by atoms with Crippen molar-refractivity contribution in [1.29, 1.82) is 0 Å². The maximum atomic E-state index is 12.8. The zero-order valence-electron chi connectivity index (χ0n) is 16.3. The lowest BCUT2D eigenvalue weighted by Gasteiger charge is -2.10. The van der Waals surface area contributed by atoms with Gasteiger partial charge in [-0.2, -0.15) is 0 Å². The monoisotopic (exact) mass is 453 g/mol. The molecule has 0 aliphatic carbocycles. The van der Waals surface area contributed by atoms with E-state index in [9.17, 15) is 33.4 Å². The van der Waals surface area contributed by atoms with Crippen LogP contribution >= 0.6 is 0 Å². The van der Waals surface area contributed by atoms with Gasteiger partial charge in [-0.1, -0.05) is 6.07 Å². The number of hydrogen-bond acceptors (Lipinski definition) is 10. The largest absolute Gasteiger partial charge is 0.463 e. The summed E-state index contributed by atoms with van der Waals surface area (Å²) >= 11 is 0. The summed E-state index contributed by atoms with van der Waals surface area (Å²) in [5.74, 6) is -0.433. The lowest BCUT2D eigenvalue weighted by Crippen LogP contribution is -2.14. The number of ether oxygens (including phenoxy) is 2. The summed E-state index contributed by atoms with van der Waals surface area (Å²) in [5, 5.41) is 25.1. The highest BCUT2D eigenvalue weighted by molar-refractivity contribution is 7.91. The number of hydrogen-bond donors (Lipinski definition) is 1. The summed E-state index contributed by atoms with van der Waals surface area (Å²) in [6.07, 6.45) is 0. The van der Waals surface area contributed by atoms with Gasteiger partial charge in [-0.3, -0.25) is 25.0 Å². The first kappa shape index (κ1) is 23.7. The molecule has 2 aromatic carbocycles. The van der Waals surface area contributed by atoms with Crippen LogP contribution < -0.4 is 5.32 Å². The van der Waals surface area contributed by atoms with Crippen LogP contribution in [0.2, 0.25) is 0 Å². The third-order valence-electron chi connectivity index (χ3n) is 3.91. The molecule has 0 unspecified atom stereocenters. The zero-order chi connectivity index (χ0) is 23.0. The number of nitro groups is 2. The fraction of sp³-hybridized carbons (Fsp3) is 0.278. The van der Waals surface area contributed by atoms with Crippen LogP contribution in [0.4, 0.5) is 17.1 Å². The molecule has 0 spiro atoms. The third-order valence-corrected chi connectivity index (χ3v) is 5.66. The summed E-state index contributed by atoms with van der Waals surface area (Å²) in [6.45, 7) is 1.84. The molecule has 0 fully saturated rings. The summed E-state index contributed by atoms with van der Waals surface area (Å²) in [5.41, 5.74) is -0.819. The van der Waals surface area contributed by atoms with Crippen molar-refractivity contribution in [3.05, 3.63) is 62.7 Å². The zero-order valence-corrected chi connectivity index (χ0v) is 17.2. The summed E-state index contributed by atoms with van der Waals surface area (Å²) in [7, 11) is -4.21. The SMILES string of the molecule is CC(=O)OCCOCCNc1ccc(S(=O)(=O)c2cccc([N+](=O)[O-])c2)cc1[N+](=O)[O-]. The van der Waals surface area contributed by atoms with Crippen molar-refractivity contribution in [3.8, 4) is 0 Å². The first-order valence-corrected chi connectivity index (χ1v) is 10.3. The Morgan fingerprint density at radius 2 is 1.71 bits per heavy atom. The van der Waals surface area contributed by atoms with Gasteiger partial charge in [-0.25, -0.2) is 8.42 Å². The number of benzene rings is 2. The van der Waals surface area contributed by atoms with Crippen molar-refractivity contribution in [1.82, 2.24) is 0 Å². The van der Waals surface area contributed by atoms with Crippen LogP contribution in [-0.4, -0.2) is 50.6 Å². The lowest BCUT2D eigenvalue weighted by atomic mass is 10.2. The van der Waals surface area contributed by atoms with E-state index in [0.29, 0.717) is 0 Å². The number of anilines is 1. The number of carbonyl (C=O) groups is 1. The van der Waals surface area contributed by atoms with Gasteiger partial charge in [0.25, 0.3) is 11.4 Å². The topological polar surface area (TPSA) is 168 Å². The Kier molecular flexibility index (Phi) is 7.99. The average molecular weight is 453 g/mol. The second kappa shape index (κ2) is 10.4. The molecule has 12 nitrogen and oxygen atoms in total. The van der Waals surface area contributed by atoms with Crippen LogP contribution in [0.15, 0.2) is 52.3 Å². The van der Waals surface area contributed by atoms with E-state index >= 15 is 0 Å². The summed E-state index contributed by atoms with van der Waals surface area (Å²) < 4.78 is 35.5. The molecular formula is C18H19N3O9S. The molecule has 0 amide bonds. The first-order valence-electron chi connectivity index (χ1n) is 8.86. The highest BCUT2D eigenvalue weighted by Crippen LogP contribution is 2.31. The van der Waals surface area contributed by atoms with Gasteiger partial charge in [0.15, 0.2) is 0 Å². The Morgan fingerprint density at radius 1 is 1.00 bits per heavy atom. The molecule has 0 atom stereocenters. The van der Waals surface area contributed by atoms with E-state index in [0.717, 1.165) is 18.2 Å². The number of rotatable bonds is 11. The number of carbonyl (C=O) groups excluding carboxylic acids is 1. The molecule has 166 valence electrons. The van der Waals surface area contributed by atoms with Gasteiger partial charge < -0.3 is 14.8 Å².